The van der Waals surface area contributed by atoms with Gasteiger partial charge in [0.05, 0.1) is 12.6 Å². The molecule has 1 atom stereocenters. The molecule has 0 aliphatic rings. The predicted molar refractivity (Wildman–Crippen MR) is 130 cm³/mol. The first kappa shape index (κ1) is 21.1. The van der Waals surface area contributed by atoms with Gasteiger partial charge in [-0.25, -0.2) is 0 Å². The topological polar surface area (TPSA) is 70.2 Å². The first-order valence-electron chi connectivity index (χ1n) is 10.6. The van der Waals surface area contributed by atoms with E-state index in [9.17, 15) is 9.59 Å². The number of amides is 2. The lowest BCUT2D eigenvalue weighted by Crippen LogP contribution is -2.26. The number of anilines is 2. The van der Waals surface area contributed by atoms with Crippen molar-refractivity contribution >= 4 is 34.0 Å². The van der Waals surface area contributed by atoms with Gasteiger partial charge in [0.2, 0.25) is 5.91 Å². The zero-order valence-electron chi connectivity index (χ0n) is 17.8. The summed E-state index contributed by atoms with van der Waals surface area (Å²) in [4.78, 5) is 24.9. The van der Waals surface area contributed by atoms with Crippen molar-refractivity contribution in [3.05, 3.63) is 108 Å². The van der Waals surface area contributed by atoms with Crippen molar-refractivity contribution in [2.75, 3.05) is 17.2 Å². The van der Waals surface area contributed by atoms with Gasteiger partial charge in [0.15, 0.2) is 0 Å². The van der Waals surface area contributed by atoms with E-state index in [2.05, 4.69) is 16.0 Å². The van der Waals surface area contributed by atoms with Gasteiger partial charge in [-0.3, -0.25) is 9.59 Å². The number of carbonyl (C=O) groups excluding carboxylic acids is 2. The number of benzene rings is 4. The molecule has 0 radical (unpaired) electrons. The standard InChI is InChI=1S/C27H25N3O2/c1-19(20-8-3-2-4-9-20)29-27(32)22-14-16-23(17-15-22)30-26(31)18-28-25-13-7-11-21-10-5-6-12-24(21)25/h2-17,19,28H,18H2,1H3,(H,29,32)(H,30,31). The van der Waals surface area contributed by atoms with Crippen molar-refractivity contribution in [2.45, 2.75) is 13.0 Å². The van der Waals surface area contributed by atoms with Crippen molar-refractivity contribution < 1.29 is 9.59 Å². The molecule has 0 spiro atoms. The van der Waals surface area contributed by atoms with Gasteiger partial charge in [0.25, 0.3) is 5.91 Å². The van der Waals surface area contributed by atoms with Crippen LogP contribution in [0.15, 0.2) is 97.1 Å². The maximum Gasteiger partial charge on any atom is 0.251 e. The van der Waals surface area contributed by atoms with Crippen molar-refractivity contribution in [1.29, 1.82) is 0 Å². The number of hydrogen-bond acceptors (Lipinski definition) is 3. The molecule has 4 rings (SSSR count). The number of fused-ring (bicyclic) bond motifs is 1. The molecule has 4 aromatic carbocycles. The maximum atomic E-state index is 12.5. The molecule has 0 heterocycles. The van der Waals surface area contributed by atoms with Gasteiger partial charge in [-0.2, -0.15) is 0 Å². The molecule has 0 aliphatic carbocycles. The van der Waals surface area contributed by atoms with Crippen LogP contribution < -0.4 is 16.0 Å². The lowest BCUT2D eigenvalue weighted by Gasteiger charge is -2.14. The van der Waals surface area contributed by atoms with Crippen LogP contribution >= 0.6 is 0 Å². The first-order valence-corrected chi connectivity index (χ1v) is 10.6. The molecule has 2 amide bonds. The number of hydrogen-bond donors (Lipinski definition) is 3. The van der Waals surface area contributed by atoms with Crippen LogP contribution in [0, 0.1) is 0 Å². The minimum absolute atomic E-state index is 0.0942. The molecule has 0 saturated heterocycles. The summed E-state index contributed by atoms with van der Waals surface area (Å²) in [5.41, 5.74) is 3.14. The number of rotatable bonds is 7. The summed E-state index contributed by atoms with van der Waals surface area (Å²) in [6.45, 7) is 2.09. The molecule has 0 bridgehead atoms. The minimum atomic E-state index is -0.159. The molecule has 32 heavy (non-hydrogen) atoms. The summed E-state index contributed by atoms with van der Waals surface area (Å²) < 4.78 is 0. The Balaban J connectivity index is 1.32. The molecule has 0 aromatic heterocycles. The lowest BCUT2D eigenvalue weighted by molar-refractivity contribution is -0.114. The van der Waals surface area contributed by atoms with E-state index in [0.29, 0.717) is 11.3 Å². The molecular weight excluding hydrogens is 398 g/mol. The lowest BCUT2D eigenvalue weighted by atomic mass is 10.1. The van der Waals surface area contributed by atoms with E-state index in [1.165, 1.54) is 0 Å². The average molecular weight is 424 g/mol. The van der Waals surface area contributed by atoms with Crippen LogP contribution in [-0.2, 0) is 4.79 Å². The highest BCUT2D eigenvalue weighted by Crippen LogP contribution is 2.22. The fraction of sp³-hybridized carbons (Fsp3) is 0.111. The van der Waals surface area contributed by atoms with Gasteiger partial charge in [-0.1, -0.05) is 66.7 Å². The van der Waals surface area contributed by atoms with Crippen molar-refractivity contribution in [3.8, 4) is 0 Å². The second-order valence-electron chi connectivity index (χ2n) is 7.61. The Labute approximate surface area is 187 Å². The summed E-state index contributed by atoms with van der Waals surface area (Å²) in [5, 5.41) is 11.2. The van der Waals surface area contributed by atoms with Crippen molar-refractivity contribution in [2.24, 2.45) is 0 Å². The number of carbonyl (C=O) groups is 2. The molecule has 3 N–H and O–H groups in total. The molecule has 5 nitrogen and oxygen atoms in total. The van der Waals surface area contributed by atoms with Crippen LogP contribution in [0.1, 0.15) is 28.9 Å². The molecule has 0 fully saturated rings. The highest BCUT2D eigenvalue weighted by Gasteiger charge is 2.11. The molecular formula is C27H25N3O2. The molecule has 0 aliphatic heterocycles. The average Bonchev–Trinajstić information content (AvgIpc) is 2.83. The van der Waals surface area contributed by atoms with Crippen LogP contribution in [0.2, 0.25) is 0 Å². The van der Waals surface area contributed by atoms with Gasteiger partial charge < -0.3 is 16.0 Å². The third-order valence-corrected chi connectivity index (χ3v) is 5.31. The Hall–Kier alpha value is -4.12. The van der Waals surface area contributed by atoms with Gasteiger partial charge in [-0.05, 0) is 48.2 Å². The number of nitrogens with one attached hydrogen (secondary N) is 3. The maximum absolute atomic E-state index is 12.5. The van der Waals surface area contributed by atoms with E-state index in [1.54, 1.807) is 24.3 Å². The van der Waals surface area contributed by atoms with Crippen LogP contribution in [0.4, 0.5) is 11.4 Å². The Morgan fingerprint density at radius 2 is 1.47 bits per heavy atom. The van der Waals surface area contributed by atoms with E-state index in [4.69, 9.17) is 0 Å². The van der Waals surface area contributed by atoms with E-state index in [0.717, 1.165) is 22.0 Å². The second-order valence-corrected chi connectivity index (χ2v) is 7.61. The summed E-state index contributed by atoms with van der Waals surface area (Å²) >= 11 is 0. The van der Waals surface area contributed by atoms with E-state index in [-0.39, 0.29) is 24.4 Å². The molecule has 4 aromatic rings. The highest BCUT2D eigenvalue weighted by atomic mass is 16.2. The Kier molecular flexibility index (Phi) is 6.46. The summed E-state index contributed by atoms with van der Waals surface area (Å²) in [6.07, 6.45) is 0. The smallest absolute Gasteiger partial charge is 0.251 e. The van der Waals surface area contributed by atoms with Crippen LogP contribution in [0.5, 0.6) is 0 Å². The summed E-state index contributed by atoms with van der Waals surface area (Å²) in [5.74, 6) is -0.315. The third-order valence-electron chi connectivity index (χ3n) is 5.31. The van der Waals surface area contributed by atoms with Gasteiger partial charge in [0.1, 0.15) is 0 Å². The SMILES string of the molecule is CC(NC(=O)c1ccc(NC(=O)CNc2cccc3ccccc23)cc1)c1ccccc1. The quantitative estimate of drug-likeness (QED) is 0.374. The summed E-state index contributed by atoms with van der Waals surface area (Å²) in [6, 6.07) is 30.6. The normalized spacial score (nSPS) is 11.5. The van der Waals surface area contributed by atoms with Gasteiger partial charge in [-0.15, -0.1) is 0 Å². The fourth-order valence-corrected chi connectivity index (χ4v) is 3.57. The van der Waals surface area contributed by atoms with E-state index >= 15 is 0 Å². The van der Waals surface area contributed by atoms with Crippen LogP contribution in [-0.4, -0.2) is 18.4 Å². The van der Waals surface area contributed by atoms with E-state index in [1.807, 2.05) is 79.7 Å². The first-order chi connectivity index (χ1) is 15.6. The highest BCUT2D eigenvalue weighted by molar-refractivity contribution is 5.99. The minimum Gasteiger partial charge on any atom is -0.376 e. The van der Waals surface area contributed by atoms with Gasteiger partial charge >= 0.3 is 0 Å². The zero-order chi connectivity index (χ0) is 22.3. The largest absolute Gasteiger partial charge is 0.376 e. The molecule has 0 saturated carbocycles. The zero-order valence-corrected chi connectivity index (χ0v) is 17.8. The molecule has 160 valence electrons. The van der Waals surface area contributed by atoms with Crippen molar-refractivity contribution in [1.82, 2.24) is 5.32 Å². The van der Waals surface area contributed by atoms with Crippen LogP contribution in [0.3, 0.4) is 0 Å². The Morgan fingerprint density at radius 1 is 0.781 bits per heavy atom. The van der Waals surface area contributed by atoms with Gasteiger partial charge in [0, 0.05) is 22.3 Å². The second kappa shape index (κ2) is 9.79. The van der Waals surface area contributed by atoms with E-state index < -0.39 is 0 Å². The third kappa shape index (κ3) is 5.13. The Morgan fingerprint density at radius 3 is 2.25 bits per heavy atom. The monoisotopic (exact) mass is 423 g/mol. The molecule has 1 unspecified atom stereocenters. The predicted octanol–water partition coefficient (Wildman–Crippen LogP) is 5.38. The summed E-state index contributed by atoms with van der Waals surface area (Å²) in [7, 11) is 0. The van der Waals surface area contributed by atoms with Crippen LogP contribution in [0.25, 0.3) is 10.8 Å². The fourth-order valence-electron chi connectivity index (χ4n) is 3.57. The Bertz CT molecular complexity index is 1220. The molecule has 5 heteroatoms. The van der Waals surface area contributed by atoms with Crippen molar-refractivity contribution in [3.63, 3.8) is 0 Å².